The molecule has 114 valence electrons. The minimum atomic E-state index is 0.136. The Morgan fingerprint density at radius 1 is 1.36 bits per heavy atom. The number of hydrogen-bond acceptors (Lipinski definition) is 8. The van der Waals surface area contributed by atoms with Crippen LogP contribution in [0.2, 0.25) is 0 Å². The maximum atomic E-state index is 6.00. The van der Waals surface area contributed by atoms with Crippen LogP contribution in [-0.2, 0) is 6.54 Å². The summed E-state index contributed by atoms with van der Waals surface area (Å²) >= 11 is 0. The molecule has 1 aliphatic heterocycles. The van der Waals surface area contributed by atoms with Crippen molar-refractivity contribution in [2.75, 3.05) is 23.8 Å². The SMILES string of the molecule is NCCN1NCc2c(N=C(N)c3ccccn3)nc(N)nc21. The van der Waals surface area contributed by atoms with Crippen molar-refractivity contribution in [3.63, 3.8) is 0 Å². The number of aliphatic imine (C=N–C) groups is 1. The molecule has 0 fully saturated rings. The third-order valence-electron chi connectivity index (χ3n) is 3.19. The second-order valence-electron chi connectivity index (χ2n) is 4.69. The normalized spacial score (nSPS) is 14.2. The number of hydrogen-bond donors (Lipinski definition) is 4. The van der Waals surface area contributed by atoms with Crippen molar-refractivity contribution in [2.24, 2.45) is 16.5 Å². The van der Waals surface area contributed by atoms with E-state index < -0.39 is 0 Å². The highest BCUT2D eigenvalue weighted by Crippen LogP contribution is 2.30. The molecule has 0 spiro atoms. The molecule has 0 bridgehead atoms. The number of aromatic nitrogens is 3. The number of rotatable bonds is 4. The molecule has 3 rings (SSSR count). The molecule has 7 N–H and O–H groups in total. The minimum absolute atomic E-state index is 0.136. The lowest BCUT2D eigenvalue weighted by molar-refractivity contribution is 0.665. The van der Waals surface area contributed by atoms with E-state index in [4.69, 9.17) is 17.2 Å². The first-order chi connectivity index (χ1) is 10.7. The maximum absolute atomic E-state index is 6.00. The van der Waals surface area contributed by atoms with Crippen LogP contribution >= 0.6 is 0 Å². The molecule has 2 aromatic heterocycles. The molecule has 1 aliphatic rings. The van der Waals surface area contributed by atoms with Gasteiger partial charge in [0.2, 0.25) is 5.95 Å². The fraction of sp³-hybridized carbons (Fsp3) is 0.231. The van der Waals surface area contributed by atoms with Crippen LogP contribution < -0.4 is 27.6 Å². The number of pyridine rings is 1. The summed E-state index contributed by atoms with van der Waals surface area (Å²) < 4.78 is 0. The van der Waals surface area contributed by atoms with Gasteiger partial charge in [-0.1, -0.05) is 6.07 Å². The molecular formula is C13H17N9. The van der Waals surface area contributed by atoms with E-state index in [0.717, 1.165) is 5.56 Å². The molecule has 9 nitrogen and oxygen atoms in total. The van der Waals surface area contributed by atoms with Crippen LogP contribution in [0.1, 0.15) is 11.3 Å². The molecule has 0 saturated heterocycles. The van der Waals surface area contributed by atoms with Crippen molar-refractivity contribution in [1.29, 1.82) is 0 Å². The second kappa shape index (κ2) is 5.92. The maximum Gasteiger partial charge on any atom is 0.224 e. The molecule has 0 aliphatic carbocycles. The van der Waals surface area contributed by atoms with Crippen molar-refractivity contribution in [2.45, 2.75) is 6.54 Å². The molecule has 3 heterocycles. The van der Waals surface area contributed by atoms with Gasteiger partial charge in [0.25, 0.3) is 0 Å². The number of nitrogens with two attached hydrogens (primary N) is 3. The van der Waals surface area contributed by atoms with E-state index in [-0.39, 0.29) is 11.8 Å². The summed E-state index contributed by atoms with van der Waals surface area (Å²) in [5, 5.41) is 1.84. The standard InChI is InChI=1S/C13H17N9/c14-4-6-22-12-8(7-18-22)11(20-13(16)21-12)19-10(15)9-3-1-2-5-17-9/h1-3,5,18H,4,6-7,14H2,(H4,15,16,19,20,21). The largest absolute Gasteiger partial charge is 0.382 e. The van der Waals surface area contributed by atoms with E-state index in [2.05, 4.69) is 25.4 Å². The summed E-state index contributed by atoms with van der Waals surface area (Å²) in [5.74, 6) is 1.54. The first kappa shape index (κ1) is 14.2. The first-order valence-electron chi connectivity index (χ1n) is 6.82. The lowest BCUT2D eigenvalue weighted by Crippen LogP contribution is -2.36. The predicted octanol–water partition coefficient (Wildman–Crippen LogP) is -0.726. The van der Waals surface area contributed by atoms with Crippen LogP contribution in [0.4, 0.5) is 17.6 Å². The summed E-state index contributed by atoms with van der Waals surface area (Å²) in [7, 11) is 0. The van der Waals surface area contributed by atoms with Crippen LogP contribution in [0.15, 0.2) is 29.4 Å². The van der Waals surface area contributed by atoms with Gasteiger partial charge in [-0.3, -0.25) is 9.99 Å². The fourth-order valence-electron chi connectivity index (χ4n) is 2.20. The van der Waals surface area contributed by atoms with E-state index in [1.165, 1.54) is 0 Å². The highest BCUT2D eigenvalue weighted by molar-refractivity contribution is 5.97. The Bertz CT molecular complexity index is 698. The van der Waals surface area contributed by atoms with E-state index >= 15 is 0 Å². The molecule has 0 atom stereocenters. The average Bonchev–Trinajstić information content (AvgIpc) is 2.92. The monoisotopic (exact) mass is 299 g/mol. The zero-order chi connectivity index (χ0) is 15.5. The van der Waals surface area contributed by atoms with E-state index in [9.17, 15) is 0 Å². The van der Waals surface area contributed by atoms with Crippen molar-refractivity contribution in [1.82, 2.24) is 20.4 Å². The van der Waals surface area contributed by atoms with Crippen molar-refractivity contribution < 1.29 is 0 Å². The summed E-state index contributed by atoms with van der Waals surface area (Å²) in [6.07, 6.45) is 1.65. The topological polar surface area (TPSA) is 144 Å². The number of fused-ring (bicyclic) bond motifs is 1. The van der Waals surface area contributed by atoms with Crippen LogP contribution in [0.3, 0.4) is 0 Å². The summed E-state index contributed by atoms with van der Waals surface area (Å²) in [6.45, 7) is 1.65. The van der Waals surface area contributed by atoms with Crippen molar-refractivity contribution >= 4 is 23.4 Å². The first-order valence-corrected chi connectivity index (χ1v) is 6.82. The Morgan fingerprint density at radius 3 is 2.95 bits per heavy atom. The number of anilines is 2. The Kier molecular flexibility index (Phi) is 3.81. The van der Waals surface area contributed by atoms with Gasteiger partial charge in [0.1, 0.15) is 5.69 Å². The molecule has 0 unspecified atom stereocenters. The third-order valence-corrected chi connectivity index (χ3v) is 3.19. The summed E-state index contributed by atoms with van der Waals surface area (Å²) in [5.41, 5.74) is 21.9. The molecular weight excluding hydrogens is 282 g/mol. The van der Waals surface area contributed by atoms with Crippen LogP contribution in [0, 0.1) is 0 Å². The lowest BCUT2D eigenvalue weighted by Gasteiger charge is -2.16. The molecule has 0 radical (unpaired) electrons. The molecule has 0 saturated carbocycles. The fourth-order valence-corrected chi connectivity index (χ4v) is 2.20. The van der Waals surface area contributed by atoms with Gasteiger partial charge in [0, 0.05) is 25.8 Å². The number of hydrazine groups is 1. The van der Waals surface area contributed by atoms with E-state index in [1.54, 1.807) is 12.3 Å². The molecule has 0 aromatic carbocycles. The third kappa shape index (κ3) is 2.67. The Hall–Kier alpha value is -2.78. The molecule has 9 heteroatoms. The molecule has 22 heavy (non-hydrogen) atoms. The zero-order valence-electron chi connectivity index (χ0n) is 11.9. The van der Waals surface area contributed by atoms with Crippen LogP contribution in [0.25, 0.3) is 0 Å². The predicted molar refractivity (Wildman–Crippen MR) is 84.3 cm³/mol. The molecule has 0 amide bonds. The minimum Gasteiger partial charge on any atom is -0.382 e. The lowest BCUT2D eigenvalue weighted by atomic mass is 10.3. The van der Waals surface area contributed by atoms with Gasteiger partial charge < -0.3 is 17.2 Å². The van der Waals surface area contributed by atoms with Gasteiger partial charge in [-0.05, 0) is 12.1 Å². The van der Waals surface area contributed by atoms with Gasteiger partial charge in [0.05, 0.1) is 5.56 Å². The quantitative estimate of drug-likeness (QED) is 0.427. The van der Waals surface area contributed by atoms with Crippen LogP contribution in [-0.4, -0.2) is 33.9 Å². The Labute approximate surface area is 127 Å². The Morgan fingerprint density at radius 2 is 2.23 bits per heavy atom. The van der Waals surface area contributed by atoms with E-state index in [0.29, 0.717) is 37.0 Å². The van der Waals surface area contributed by atoms with Gasteiger partial charge in [-0.2, -0.15) is 9.97 Å². The van der Waals surface area contributed by atoms with Crippen LogP contribution in [0.5, 0.6) is 0 Å². The summed E-state index contributed by atoms with van der Waals surface area (Å²) in [6, 6.07) is 5.43. The zero-order valence-corrected chi connectivity index (χ0v) is 11.9. The van der Waals surface area contributed by atoms with Gasteiger partial charge in [0.15, 0.2) is 17.5 Å². The number of nitrogens with zero attached hydrogens (tertiary/aromatic N) is 5. The van der Waals surface area contributed by atoms with Gasteiger partial charge in [-0.25, -0.2) is 10.4 Å². The Balaban J connectivity index is 2.00. The summed E-state index contributed by atoms with van der Waals surface area (Å²) in [4.78, 5) is 16.9. The molecule has 2 aromatic rings. The number of nitrogen functional groups attached to an aromatic ring is 1. The van der Waals surface area contributed by atoms with E-state index in [1.807, 2.05) is 17.1 Å². The van der Waals surface area contributed by atoms with Crippen molar-refractivity contribution in [3.8, 4) is 0 Å². The smallest absolute Gasteiger partial charge is 0.224 e. The highest BCUT2D eigenvalue weighted by Gasteiger charge is 2.24. The van der Waals surface area contributed by atoms with Crippen molar-refractivity contribution in [3.05, 3.63) is 35.7 Å². The number of nitrogens with one attached hydrogen (secondary N) is 1. The average molecular weight is 299 g/mol. The second-order valence-corrected chi connectivity index (χ2v) is 4.69. The highest BCUT2D eigenvalue weighted by atomic mass is 15.6. The number of amidine groups is 1. The van der Waals surface area contributed by atoms with Gasteiger partial charge in [-0.15, -0.1) is 0 Å². The van der Waals surface area contributed by atoms with Gasteiger partial charge >= 0.3 is 0 Å².